The van der Waals surface area contributed by atoms with Gasteiger partial charge in [0.2, 0.25) is 17.7 Å². The average molecular weight is 363 g/mol. The number of carbonyl (C=O) groups excluding carboxylic acids is 3. The fourth-order valence-electron chi connectivity index (χ4n) is 3.14. The van der Waals surface area contributed by atoms with Gasteiger partial charge in [-0.2, -0.15) is 0 Å². The van der Waals surface area contributed by atoms with Crippen LogP contribution in [0.1, 0.15) is 33.1 Å². The predicted molar refractivity (Wildman–Crippen MR) is 96.7 cm³/mol. The van der Waals surface area contributed by atoms with E-state index < -0.39 is 11.7 Å². The molecule has 1 aliphatic rings. The molecule has 142 valence electrons. The van der Waals surface area contributed by atoms with Crippen LogP contribution < -0.4 is 10.6 Å². The number of halogens is 1. The van der Waals surface area contributed by atoms with E-state index >= 15 is 0 Å². The molecule has 0 unspecified atom stereocenters. The number of nitrogens with zero attached hydrogens (tertiary/aromatic N) is 2. The van der Waals surface area contributed by atoms with E-state index in [1.54, 1.807) is 4.90 Å². The first-order chi connectivity index (χ1) is 12.3. The van der Waals surface area contributed by atoms with Crippen molar-refractivity contribution in [2.45, 2.75) is 33.1 Å². The third kappa shape index (κ3) is 5.03. The molecule has 3 amide bonds. The third-order valence-electron chi connectivity index (χ3n) is 4.64. The van der Waals surface area contributed by atoms with Crippen LogP contribution in [0.25, 0.3) is 0 Å². The molecule has 2 N–H and O–H groups in total. The number of piperidine rings is 1. The number of hydrogen-bond donors (Lipinski definition) is 1. The molecule has 1 aromatic rings. The summed E-state index contributed by atoms with van der Waals surface area (Å²) < 4.78 is 13.2. The minimum Gasteiger partial charge on any atom is -0.370 e. The molecule has 2 rings (SSSR count). The first-order valence-electron chi connectivity index (χ1n) is 8.93. The smallest absolute Gasteiger partial charge is 0.230 e. The van der Waals surface area contributed by atoms with Crippen LogP contribution >= 0.6 is 0 Å². The number of hydrogen-bond acceptors (Lipinski definition) is 3. The van der Waals surface area contributed by atoms with Gasteiger partial charge in [0.05, 0.1) is 0 Å². The summed E-state index contributed by atoms with van der Waals surface area (Å²) in [4.78, 5) is 39.5. The van der Waals surface area contributed by atoms with Crippen molar-refractivity contribution in [3.05, 3.63) is 30.1 Å². The number of nitrogens with two attached hydrogens (primary N) is 1. The molecule has 0 bridgehead atoms. The summed E-state index contributed by atoms with van der Waals surface area (Å²) in [5.74, 6) is -1.20. The van der Waals surface area contributed by atoms with Gasteiger partial charge >= 0.3 is 0 Å². The number of likely N-dealkylation sites (tertiary alicyclic amines) is 1. The summed E-state index contributed by atoms with van der Waals surface area (Å²) in [6, 6.07) is 5.60. The van der Waals surface area contributed by atoms with Crippen molar-refractivity contribution in [3.8, 4) is 0 Å². The maximum absolute atomic E-state index is 13.2. The normalized spacial score (nSPS) is 15.2. The van der Waals surface area contributed by atoms with Crippen LogP contribution in [-0.4, -0.2) is 42.3 Å². The van der Waals surface area contributed by atoms with Crippen LogP contribution in [0.3, 0.4) is 0 Å². The largest absolute Gasteiger partial charge is 0.370 e. The topological polar surface area (TPSA) is 83.7 Å². The first-order valence-corrected chi connectivity index (χ1v) is 8.93. The van der Waals surface area contributed by atoms with Crippen molar-refractivity contribution in [1.82, 2.24) is 4.90 Å². The summed E-state index contributed by atoms with van der Waals surface area (Å²) in [5, 5.41) is 0. The third-order valence-corrected chi connectivity index (χ3v) is 4.64. The second kappa shape index (κ2) is 8.78. The zero-order chi connectivity index (χ0) is 19.3. The monoisotopic (exact) mass is 363 g/mol. The summed E-state index contributed by atoms with van der Waals surface area (Å²) in [6.07, 6.45) is 1.19. The Morgan fingerprint density at radius 2 is 1.77 bits per heavy atom. The minimum atomic E-state index is -0.498. The van der Waals surface area contributed by atoms with Crippen molar-refractivity contribution in [2.24, 2.45) is 17.6 Å². The predicted octanol–water partition coefficient (Wildman–Crippen LogP) is 1.93. The molecule has 1 saturated heterocycles. The average Bonchev–Trinajstić information content (AvgIpc) is 2.62. The van der Waals surface area contributed by atoms with Gasteiger partial charge in [0.1, 0.15) is 5.82 Å². The van der Waals surface area contributed by atoms with E-state index in [4.69, 9.17) is 5.73 Å². The van der Waals surface area contributed by atoms with Gasteiger partial charge in [-0.15, -0.1) is 0 Å². The van der Waals surface area contributed by atoms with Gasteiger partial charge in [-0.05, 0) is 37.1 Å². The van der Waals surface area contributed by atoms with E-state index in [0.29, 0.717) is 31.6 Å². The van der Waals surface area contributed by atoms with Crippen molar-refractivity contribution >= 4 is 23.4 Å². The number of primary amides is 1. The molecule has 0 saturated carbocycles. The lowest BCUT2D eigenvalue weighted by atomic mass is 9.94. The second-order valence-electron chi connectivity index (χ2n) is 6.94. The quantitative estimate of drug-likeness (QED) is 0.838. The highest BCUT2D eigenvalue weighted by Crippen LogP contribution is 2.25. The SMILES string of the molecule is CC(C)C(=O)N1CCC(C(=O)N(CCC(N)=O)c2ccc(F)cc2)CC1. The number of benzene rings is 1. The summed E-state index contributed by atoms with van der Waals surface area (Å²) in [7, 11) is 0. The zero-order valence-electron chi connectivity index (χ0n) is 15.3. The lowest BCUT2D eigenvalue weighted by Crippen LogP contribution is -2.46. The van der Waals surface area contributed by atoms with E-state index in [1.165, 1.54) is 29.2 Å². The molecule has 0 radical (unpaired) electrons. The Hall–Kier alpha value is -2.44. The summed E-state index contributed by atoms with van der Waals surface area (Å²) >= 11 is 0. The van der Waals surface area contributed by atoms with E-state index in [1.807, 2.05) is 13.8 Å². The van der Waals surface area contributed by atoms with E-state index in [-0.39, 0.29) is 36.6 Å². The molecule has 1 heterocycles. The first kappa shape index (κ1) is 19.9. The summed E-state index contributed by atoms with van der Waals surface area (Å²) in [6.45, 7) is 4.96. The Balaban J connectivity index is 2.08. The van der Waals surface area contributed by atoms with Gasteiger partial charge in [-0.25, -0.2) is 4.39 Å². The van der Waals surface area contributed by atoms with E-state index in [9.17, 15) is 18.8 Å². The Morgan fingerprint density at radius 1 is 1.19 bits per heavy atom. The fourth-order valence-corrected chi connectivity index (χ4v) is 3.14. The fraction of sp³-hybridized carbons (Fsp3) is 0.526. The van der Waals surface area contributed by atoms with Gasteiger partial charge < -0.3 is 15.5 Å². The standard InChI is InChI=1S/C19H26FN3O3/c1-13(2)18(25)22-10-7-14(8-11-22)19(26)23(12-9-17(21)24)16-5-3-15(20)4-6-16/h3-6,13-14H,7-12H2,1-2H3,(H2,21,24). The van der Waals surface area contributed by atoms with Crippen molar-refractivity contribution in [1.29, 1.82) is 0 Å². The molecule has 0 aromatic heterocycles. The maximum atomic E-state index is 13.2. The highest BCUT2D eigenvalue weighted by atomic mass is 19.1. The molecule has 6 nitrogen and oxygen atoms in total. The van der Waals surface area contributed by atoms with E-state index in [2.05, 4.69) is 0 Å². The molecular weight excluding hydrogens is 337 g/mol. The van der Waals surface area contributed by atoms with Gasteiger partial charge in [-0.1, -0.05) is 13.8 Å². The van der Waals surface area contributed by atoms with Crippen LogP contribution in [0.15, 0.2) is 24.3 Å². The number of rotatable bonds is 6. The molecular formula is C19H26FN3O3. The molecule has 1 aliphatic heterocycles. The van der Waals surface area contributed by atoms with E-state index in [0.717, 1.165) is 0 Å². The summed E-state index contributed by atoms with van der Waals surface area (Å²) in [5.41, 5.74) is 5.76. The van der Waals surface area contributed by atoms with Crippen LogP contribution in [0, 0.1) is 17.7 Å². The number of carbonyl (C=O) groups is 3. The van der Waals surface area contributed by atoms with Crippen molar-refractivity contribution < 1.29 is 18.8 Å². The van der Waals surface area contributed by atoms with Gasteiger partial charge in [0, 0.05) is 43.6 Å². The highest BCUT2D eigenvalue weighted by molar-refractivity contribution is 5.95. The Kier molecular flexibility index (Phi) is 6.71. The molecule has 7 heteroatoms. The number of anilines is 1. The number of amides is 3. The van der Waals surface area contributed by atoms with Crippen LogP contribution in [0.5, 0.6) is 0 Å². The second-order valence-corrected chi connectivity index (χ2v) is 6.94. The van der Waals surface area contributed by atoms with Crippen LogP contribution in [0.4, 0.5) is 10.1 Å². The van der Waals surface area contributed by atoms with Crippen molar-refractivity contribution in [2.75, 3.05) is 24.5 Å². The Morgan fingerprint density at radius 3 is 2.27 bits per heavy atom. The Bertz CT molecular complexity index is 652. The molecule has 1 fully saturated rings. The lowest BCUT2D eigenvalue weighted by molar-refractivity contribution is -0.137. The van der Waals surface area contributed by atoms with Crippen LogP contribution in [-0.2, 0) is 14.4 Å². The minimum absolute atomic E-state index is 0.0355. The molecule has 0 spiro atoms. The molecule has 26 heavy (non-hydrogen) atoms. The van der Waals surface area contributed by atoms with Crippen LogP contribution in [0.2, 0.25) is 0 Å². The molecule has 0 aliphatic carbocycles. The highest BCUT2D eigenvalue weighted by Gasteiger charge is 2.31. The van der Waals surface area contributed by atoms with Gasteiger partial charge in [-0.3, -0.25) is 14.4 Å². The zero-order valence-corrected chi connectivity index (χ0v) is 15.3. The van der Waals surface area contributed by atoms with Crippen molar-refractivity contribution in [3.63, 3.8) is 0 Å². The van der Waals surface area contributed by atoms with Gasteiger partial charge in [0.25, 0.3) is 0 Å². The lowest BCUT2D eigenvalue weighted by Gasteiger charge is -2.35. The van der Waals surface area contributed by atoms with Gasteiger partial charge in [0.15, 0.2) is 0 Å². The maximum Gasteiger partial charge on any atom is 0.230 e. The molecule has 1 aromatic carbocycles. The Labute approximate surface area is 153 Å². The molecule has 0 atom stereocenters.